The fourth-order valence-corrected chi connectivity index (χ4v) is 1.11. The van der Waals surface area contributed by atoms with Crippen LogP contribution in [-0.2, 0) is 9.59 Å². The van der Waals surface area contributed by atoms with Crippen LogP contribution >= 0.6 is 0 Å². The molecule has 0 saturated carbocycles. The van der Waals surface area contributed by atoms with E-state index in [4.69, 9.17) is 5.73 Å². The number of carbonyl (C=O) groups excluding carboxylic acids is 2. The molecule has 0 aliphatic heterocycles. The lowest BCUT2D eigenvalue weighted by Gasteiger charge is -2.00. The standard InChI is InChI=1S/C9H17N3O2.C3H8/c1-4-5-7(9(10)14)12(3)8(13)6-11-2;1-3-2/h11H,4-6H2,1-3H3,(H-,10,14);3H2,1-2H3/p+1. The van der Waals surface area contributed by atoms with E-state index in [1.54, 1.807) is 14.1 Å². The van der Waals surface area contributed by atoms with Gasteiger partial charge in [-0.05, 0) is 13.5 Å². The first-order chi connectivity index (χ1) is 7.95. The van der Waals surface area contributed by atoms with Crippen molar-refractivity contribution in [1.82, 2.24) is 5.32 Å². The maximum Gasteiger partial charge on any atom is 0.400 e. The monoisotopic (exact) mass is 244 g/mol. The zero-order valence-electron chi connectivity index (χ0n) is 11.7. The molecule has 0 heterocycles. The topological polar surface area (TPSA) is 75.2 Å². The molecule has 17 heavy (non-hydrogen) atoms. The quantitative estimate of drug-likeness (QED) is 0.547. The predicted octanol–water partition coefficient (Wildman–Crippen LogP) is 0.517. The third-order valence-corrected chi connectivity index (χ3v) is 1.88. The predicted molar refractivity (Wildman–Crippen MR) is 70.2 cm³/mol. The Morgan fingerprint density at radius 2 is 1.71 bits per heavy atom. The molecule has 0 atom stereocenters. The van der Waals surface area contributed by atoms with Crippen LogP contribution in [0.5, 0.6) is 0 Å². The van der Waals surface area contributed by atoms with Gasteiger partial charge in [0.25, 0.3) is 0 Å². The van der Waals surface area contributed by atoms with E-state index in [2.05, 4.69) is 19.2 Å². The largest absolute Gasteiger partial charge is 0.400 e. The molecular weight excluding hydrogens is 218 g/mol. The van der Waals surface area contributed by atoms with Crippen molar-refractivity contribution >= 4 is 17.5 Å². The highest BCUT2D eigenvalue weighted by atomic mass is 16.2. The van der Waals surface area contributed by atoms with Gasteiger partial charge in [-0.15, -0.1) is 0 Å². The van der Waals surface area contributed by atoms with E-state index >= 15 is 0 Å². The number of carbonyl (C=O) groups is 2. The van der Waals surface area contributed by atoms with Crippen molar-refractivity contribution in [2.24, 2.45) is 5.73 Å². The Kier molecular flexibility index (Phi) is 12.0. The van der Waals surface area contributed by atoms with Gasteiger partial charge in [-0.3, -0.25) is 4.79 Å². The lowest BCUT2D eigenvalue weighted by Crippen LogP contribution is -2.37. The number of amides is 2. The van der Waals surface area contributed by atoms with E-state index in [0.29, 0.717) is 12.1 Å². The molecule has 5 nitrogen and oxygen atoms in total. The molecule has 0 aromatic carbocycles. The summed E-state index contributed by atoms with van der Waals surface area (Å²) in [5.41, 5.74) is 5.54. The second-order valence-electron chi connectivity index (χ2n) is 3.75. The fourth-order valence-electron chi connectivity index (χ4n) is 1.11. The SMILES string of the molecule is CCC.CCCC(C(N)=O)=[N+](C)C(=O)CNC. The van der Waals surface area contributed by atoms with Gasteiger partial charge in [-0.25, -0.2) is 4.79 Å². The number of nitrogens with two attached hydrogens (primary N) is 1. The summed E-state index contributed by atoms with van der Waals surface area (Å²) in [7, 11) is 3.24. The third-order valence-electron chi connectivity index (χ3n) is 1.88. The van der Waals surface area contributed by atoms with Crippen LogP contribution in [-0.4, -0.2) is 42.7 Å². The molecular formula is C12H26N3O2+. The Labute approximate surface area is 104 Å². The molecule has 0 saturated heterocycles. The van der Waals surface area contributed by atoms with Gasteiger partial charge in [0.2, 0.25) is 5.71 Å². The van der Waals surface area contributed by atoms with Gasteiger partial charge < -0.3 is 11.1 Å². The van der Waals surface area contributed by atoms with E-state index in [9.17, 15) is 9.59 Å². The molecule has 0 radical (unpaired) electrons. The molecule has 0 aliphatic carbocycles. The number of nitrogens with zero attached hydrogens (tertiary/aromatic N) is 1. The molecule has 0 spiro atoms. The number of nitrogens with one attached hydrogen (secondary N) is 1. The Hall–Kier alpha value is -1.23. The molecule has 0 aromatic rings. The molecule has 2 amide bonds. The summed E-state index contributed by atoms with van der Waals surface area (Å²) < 4.78 is 1.32. The van der Waals surface area contributed by atoms with Gasteiger partial charge in [0, 0.05) is 6.42 Å². The highest BCUT2D eigenvalue weighted by molar-refractivity contribution is 6.36. The van der Waals surface area contributed by atoms with E-state index in [-0.39, 0.29) is 12.5 Å². The van der Waals surface area contributed by atoms with E-state index in [0.717, 1.165) is 6.42 Å². The maximum absolute atomic E-state index is 11.4. The van der Waals surface area contributed by atoms with E-state index < -0.39 is 5.91 Å². The first-order valence-corrected chi connectivity index (χ1v) is 6.02. The van der Waals surface area contributed by atoms with Crippen molar-refractivity contribution in [2.75, 3.05) is 20.6 Å². The number of hydrogen-bond acceptors (Lipinski definition) is 3. The van der Waals surface area contributed by atoms with Crippen LogP contribution in [0.3, 0.4) is 0 Å². The molecule has 3 N–H and O–H groups in total. The second kappa shape index (κ2) is 11.3. The Morgan fingerprint density at radius 1 is 1.24 bits per heavy atom. The molecule has 5 heteroatoms. The highest BCUT2D eigenvalue weighted by Crippen LogP contribution is 1.92. The lowest BCUT2D eigenvalue weighted by atomic mass is 10.2. The average Bonchev–Trinajstić information content (AvgIpc) is 2.26. The normalized spacial score (nSPS) is 11.1. The van der Waals surface area contributed by atoms with Gasteiger partial charge in [0.1, 0.15) is 13.6 Å². The number of likely N-dealkylation sites (N-methyl/N-ethyl adjacent to an activating group) is 2. The maximum atomic E-state index is 11.4. The Balaban J connectivity index is 0. The van der Waals surface area contributed by atoms with Crippen LogP contribution in [0.1, 0.15) is 40.0 Å². The van der Waals surface area contributed by atoms with Gasteiger partial charge in [-0.2, -0.15) is 4.58 Å². The molecule has 0 bridgehead atoms. The van der Waals surface area contributed by atoms with Gasteiger partial charge in [-0.1, -0.05) is 27.2 Å². The van der Waals surface area contributed by atoms with Crippen LogP contribution in [0.4, 0.5) is 0 Å². The summed E-state index contributed by atoms with van der Waals surface area (Å²) in [6.45, 7) is 6.39. The lowest BCUT2D eigenvalue weighted by molar-refractivity contribution is -0.418. The summed E-state index contributed by atoms with van der Waals surface area (Å²) in [5, 5.41) is 2.73. The third kappa shape index (κ3) is 8.56. The number of primary amides is 1. The second-order valence-corrected chi connectivity index (χ2v) is 3.75. The molecule has 0 unspecified atom stereocenters. The molecule has 100 valence electrons. The Morgan fingerprint density at radius 3 is 2.00 bits per heavy atom. The van der Waals surface area contributed by atoms with Gasteiger partial charge in [0.15, 0.2) is 0 Å². The van der Waals surface area contributed by atoms with Crippen LogP contribution in [0.15, 0.2) is 0 Å². The highest BCUT2D eigenvalue weighted by Gasteiger charge is 2.22. The molecule has 0 aliphatic rings. The molecule has 0 rings (SSSR count). The van der Waals surface area contributed by atoms with Gasteiger partial charge >= 0.3 is 11.8 Å². The molecule has 0 aromatic heterocycles. The van der Waals surface area contributed by atoms with Crippen LogP contribution in [0.25, 0.3) is 0 Å². The Bertz CT molecular complexity index is 273. The van der Waals surface area contributed by atoms with Crippen molar-refractivity contribution in [2.45, 2.75) is 40.0 Å². The first kappa shape index (κ1) is 18.1. The molecule has 0 fully saturated rings. The summed E-state index contributed by atoms with van der Waals surface area (Å²) in [4.78, 5) is 22.4. The number of hydrogen-bond donors (Lipinski definition) is 2. The zero-order chi connectivity index (χ0) is 13.8. The average molecular weight is 244 g/mol. The summed E-state index contributed by atoms with van der Waals surface area (Å²) in [6, 6.07) is 0. The van der Waals surface area contributed by atoms with E-state index in [1.807, 2.05) is 6.92 Å². The van der Waals surface area contributed by atoms with Crippen molar-refractivity contribution < 1.29 is 14.2 Å². The van der Waals surface area contributed by atoms with Crippen molar-refractivity contribution in [3.8, 4) is 0 Å². The number of rotatable bonds is 5. The minimum absolute atomic E-state index is 0.158. The van der Waals surface area contributed by atoms with E-state index in [1.165, 1.54) is 11.0 Å². The zero-order valence-corrected chi connectivity index (χ0v) is 11.7. The minimum atomic E-state index is -0.529. The smallest absolute Gasteiger partial charge is 0.361 e. The summed E-state index contributed by atoms with van der Waals surface area (Å²) >= 11 is 0. The minimum Gasteiger partial charge on any atom is -0.361 e. The fraction of sp³-hybridized carbons (Fsp3) is 0.750. The van der Waals surface area contributed by atoms with Crippen molar-refractivity contribution in [3.05, 3.63) is 0 Å². The summed E-state index contributed by atoms with van der Waals surface area (Å²) in [5.74, 6) is -0.687. The van der Waals surface area contributed by atoms with Crippen LogP contribution in [0.2, 0.25) is 0 Å². The first-order valence-electron chi connectivity index (χ1n) is 6.02. The van der Waals surface area contributed by atoms with Gasteiger partial charge in [0.05, 0.1) is 0 Å². The summed E-state index contributed by atoms with van der Waals surface area (Å²) in [6.07, 6.45) is 2.57. The van der Waals surface area contributed by atoms with Crippen LogP contribution in [0, 0.1) is 0 Å². The van der Waals surface area contributed by atoms with Crippen LogP contribution < -0.4 is 11.1 Å². The van der Waals surface area contributed by atoms with Crippen molar-refractivity contribution in [1.29, 1.82) is 0 Å². The van der Waals surface area contributed by atoms with Crippen molar-refractivity contribution in [3.63, 3.8) is 0 Å².